The summed E-state index contributed by atoms with van der Waals surface area (Å²) in [5.41, 5.74) is 3.33. The molecule has 45 heavy (non-hydrogen) atoms. The molecule has 4 aliphatic rings. The number of carbonyl (C=O) groups excluding carboxylic acids is 2. The number of aliphatic imine (C=N–C) groups is 1. The van der Waals surface area contributed by atoms with E-state index < -0.39 is 0 Å². The lowest BCUT2D eigenvalue weighted by molar-refractivity contribution is 0.0788. The van der Waals surface area contributed by atoms with Crippen LogP contribution >= 0.6 is 34.6 Å². The Kier molecular flexibility index (Phi) is 9.73. The number of carbonyl (C=O) groups is 2. The Bertz CT molecular complexity index is 1620. The van der Waals surface area contributed by atoms with Crippen molar-refractivity contribution in [3.05, 3.63) is 61.4 Å². The lowest BCUT2D eigenvalue weighted by atomic mass is 10.1. The maximum atomic E-state index is 13.5. The maximum absolute atomic E-state index is 13.5. The van der Waals surface area contributed by atoms with Gasteiger partial charge < -0.3 is 33.5 Å². The van der Waals surface area contributed by atoms with Crippen molar-refractivity contribution in [3.63, 3.8) is 0 Å². The van der Waals surface area contributed by atoms with E-state index in [-0.39, 0.29) is 29.3 Å². The molecule has 2 amide bonds. The Morgan fingerprint density at radius 1 is 0.978 bits per heavy atom. The highest BCUT2D eigenvalue weighted by molar-refractivity contribution is 14.1. The van der Waals surface area contributed by atoms with Crippen LogP contribution in [0.3, 0.4) is 0 Å². The number of hydrogen-bond donors (Lipinski definition) is 1. The Morgan fingerprint density at radius 3 is 2.44 bits per heavy atom. The number of methoxy groups -OCH3 is 1. The molecule has 0 saturated carbocycles. The van der Waals surface area contributed by atoms with E-state index in [9.17, 15) is 14.1 Å². The molecule has 4 aliphatic heterocycles. The number of hydrogen-bond acceptors (Lipinski definition) is 9. The van der Waals surface area contributed by atoms with Crippen LogP contribution in [0.4, 0.5) is 11.4 Å². The minimum atomic E-state index is -0.302. The highest BCUT2D eigenvalue weighted by Gasteiger charge is 2.41. The Morgan fingerprint density at radius 2 is 1.71 bits per heavy atom. The summed E-state index contributed by atoms with van der Waals surface area (Å²) >= 11 is 5.71. The second kappa shape index (κ2) is 13.6. The van der Waals surface area contributed by atoms with Crippen molar-refractivity contribution in [2.45, 2.75) is 56.5 Å². The number of rotatable bonds is 10. The first kappa shape index (κ1) is 32.3. The summed E-state index contributed by atoms with van der Waals surface area (Å²) in [6.07, 6.45) is 9.57. The fourth-order valence-electron chi connectivity index (χ4n) is 6.17. The molecule has 234 valence electrons. The molecule has 0 spiro atoms. The summed E-state index contributed by atoms with van der Waals surface area (Å²) in [6, 6.07) is 7.09. The zero-order valence-corrected chi connectivity index (χ0v) is 29.5. The first-order chi connectivity index (χ1) is 21.7. The van der Waals surface area contributed by atoms with Crippen molar-refractivity contribution in [1.82, 2.24) is 9.80 Å². The molecule has 2 radical (unpaired) electrons. The number of aryl methyl sites for hydroxylation is 1. The Hall–Kier alpha value is -2.70. The van der Waals surface area contributed by atoms with Crippen LogP contribution in [-0.4, -0.2) is 93.5 Å². The molecule has 2 aromatic rings. The second-order valence-electron chi connectivity index (χ2n) is 11.5. The molecular formula is C32H34AlIN4O6S. The third-order valence-corrected chi connectivity index (χ3v) is 10.5. The van der Waals surface area contributed by atoms with Crippen LogP contribution in [0.25, 0.3) is 0 Å². The summed E-state index contributed by atoms with van der Waals surface area (Å²) in [5.74, 6) is 1.64. The molecule has 13 heteroatoms. The van der Waals surface area contributed by atoms with Gasteiger partial charge in [0.2, 0.25) is 0 Å². The van der Waals surface area contributed by atoms with Gasteiger partial charge in [-0.2, -0.15) is 0 Å². The maximum Gasteiger partial charge on any atom is 0.260 e. The van der Waals surface area contributed by atoms with Gasteiger partial charge in [0.1, 0.15) is 11.1 Å². The van der Waals surface area contributed by atoms with Gasteiger partial charge in [-0.15, -0.1) is 4.44 Å². The fraction of sp³-hybridized carbons (Fsp3) is 0.406. The summed E-state index contributed by atoms with van der Waals surface area (Å²) in [6.45, 7) is 2.95. The van der Waals surface area contributed by atoms with Gasteiger partial charge in [-0.25, -0.2) is 0 Å². The zero-order valence-electron chi connectivity index (χ0n) is 25.4. The monoisotopic (exact) mass is 756 g/mol. The van der Waals surface area contributed by atoms with Gasteiger partial charge in [0.15, 0.2) is 27.8 Å². The van der Waals surface area contributed by atoms with E-state index in [1.807, 2.05) is 49.6 Å². The molecule has 10 nitrogen and oxygen atoms in total. The number of unbranched alkanes of at least 4 members (excludes halogenated alkanes) is 2. The highest BCUT2D eigenvalue weighted by Crippen LogP contribution is 2.41. The fourth-order valence-corrected chi connectivity index (χ4v) is 7.94. The van der Waals surface area contributed by atoms with Crippen LogP contribution in [0.2, 0.25) is 0 Å². The van der Waals surface area contributed by atoms with Gasteiger partial charge in [-0.1, -0.05) is 0 Å². The van der Waals surface area contributed by atoms with E-state index in [4.69, 9.17) is 14.2 Å². The predicted molar refractivity (Wildman–Crippen MR) is 185 cm³/mol. The van der Waals surface area contributed by atoms with Gasteiger partial charge in [0.25, 0.3) is 11.8 Å². The number of ether oxygens (including phenoxy) is 3. The van der Waals surface area contributed by atoms with Crippen LogP contribution < -0.4 is 19.1 Å². The topological polar surface area (TPSA) is 104 Å². The molecule has 4 heterocycles. The Balaban J connectivity index is 1.04. The van der Waals surface area contributed by atoms with Gasteiger partial charge in [-0.05, 0) is 79.1 Å². The standard InChI is InChI=1S/C32H34IN4O6S.Al/c1-19-12-23-26(35(2)32(44-40)25-8-7-9-36(25)31(23)39)16-27(19)42-10-5-4-6-11-43-29-15-24-22(14-28(29)41-3)30(38)37-18-20(33)13-21(37)17-34-24;/h9,12,14-18,21,25,32,40H,4-6,8,10-11,13H2,1-3H3;/t21-,25-,32?;/m0./s1. The quantitative estimate of drug-likeness (QED) is 0.136. The van der Waals surface area contributed by atoms with Crippen molar-refractivity contribution >= 4 is 80.3 Å². The zero-order chi connectivity index (χ0) is 31.8. The SMILES string of the molecule is COc1cc2c(cc1OCCCCCOc1cc3c(cc1C)C(=O)N1C=[C]([Al])C[C@H]1C(SO)N3C)N=C[C@@H]1CC(I)=CN1C2=O. The van der Waals surface area contributed by atoms with Crippen LogP contribution in [-0.2, 0) is 0 Å². The molecule has 1 N–H and O–H groups in total. The number of amides is 2. The number of nitrogens with zero attached hydrogens (tertiary/aromatic N) is 4. The second-order valence-corrected chi connectivity index (χ2v) is 14.4. The average molecular weight is 757 g/mol. The molecule has 0 aliphatic carbocycles. The number of halogens is 1. The van der Waals surface area contributed by atoms with E-state index in [1.165, 1.54) is 0 Å². The van der Waals surface area contributed by atoms with E-state index in [1.54, 1.807) is 29.0 Å². The molecule has 0 fully saturated rings. The normalized spacial score (nSPS) is 21.8. The Labute approximate surface area is 289 Å². The molecule has 1 unspecified atom stereocenters. The van der Waals surface area contributed by atoms with Crippen molar-refractivity contribution in [3.8, 4) is 17.2 Å². The van der Waals surface area contributed by atoms with Gasteiger partial charge in [0, 0.05) is 53.6 Å². The summed E-state index contributed by atoms with van der Waals surface area (Å²) in [4.78, 5) is 36.7. The van der Waals surface area contributed by atoms with Gasteiger partial charge in [0.05, 0.1) is 54.9 Å². The molecule has 0 saturated heterocycles. The first-order valence-electron chi connectivity index (χ1n) is 14.9. The number of anilines is 1. The largest absolute Gasteiger partial charge is 0.493 e. The van der Waals surface area contributed by atoms with E-state index in [0.717, 1.165) is 62.7 Å². The number of benzene rings is 2. The molecule has 2 aromatic carbocycles. The van der Waals surface area contributed by atoms with Crippen LogP contribution in [0, 0.1) is 6.92 Å². The molecule has 0 bridgehead atoms. The van der Waals surface area contributed by atoms with Gasteiger partial charge >= 0.3 is 0 Å². The molecule has 3 atom stereocenters. The van der Waals surface area contributed by atoms with Crippen molar-refractivity contribution < 1.29 is 28.4 Å². The lowest BCUT2D eigenvalue weighted by Gasteiger charge is -2.32. The highest BCUT2D eigenvalue weighted by atomic mass is 127. The molecule has 6 rings (SSSR count). The summed E-state index contributed by atoms with van der Waals surface area (Å²) < 4.78 is 30.1. The van der Waals surface area contributed by atoms with E-state index in [2.05, 4.69) is 43.9 Å². The summed E-state index contributed by atoms with van der Waals surface area (Å²) in [5, 5.41) is -0.302. The van der Waals surface area contributed by atoms with Gasteiger partial charge in [-0.3, -0.25) is 14.6 Å². The number of likely N-dealkylation sites (N-methyl/N-ethyl adjacent to an activating group) is 1. The van der Waals surface area contributed by atoms with Crippen molar-refractivity contribution in [2.24, 2.45) is 4.99 Å². The van der Waals surface area contributed by atoms with Crippen LogP contribution in [0.5, 0.6) is 17.2 Å². The molecule has 0 aromatic heterocycles. The van der Waals surface area contributed by atoms with E-state index >= 15 is 0 Å². The smallest absolute Gasteiger partial charge is 0.260 e. The van der Waals surface area contributed by atoms with Crippen LogP contribution in [0.15, 0.2) is 49.7 Å². The number of fused-ring (bicyclic) bond motifs is 4. The van der Waals surface area contributed by atoms with Crippen molar-refractivity contribution in [2.75, 3.05) is 32.3 Å². The third kappa shape index (κ3) is 6.34. The third-order valence-electron chi connectivity index (χ3n) is 8.54. The first-order valence-corrected chi connectivity index (χ1v) is 17.4. The van der Waals surface area contributed by atoms with Crippen molar-refractivity contribution in [1.29, 1.82) is 0 Å². The van der Waals surface area contributed by atoms with Crippen LogP contribution in [0.1, 0.15) is 58.4 Å². The summed E-state index contributed by atoms with van der Waals surface area (Å²) in [7, 11) is 3.48. The average Bonchev–Trinajstić information content (AvgIpc) is 3.55. The minimum Gasteiger partial charge on any atom is -0.493 e. The van der Waals surface area contributed by atoms with E-state index in [0.29, 0.717) is 47.9 Å². The molecular weight excluding hydrogens is 722 g/mol. The lowest BCUT2D eigenvalue weighted by Crippen LogP contribution is -2.44. The predicted octanol–water partition coefficient (Wildman–Crippen LogP) is 6.05. The minimum absolute atomic E-state index is 0.0671.